The zero-order chi connectivity index (χ0) is 23.8. The van der Waals surface area contributed by atoms with Gasteiger partial charge >= 0.3 is 0 Å². The number of nitrogens with zero attached hydrogens (tertiary/aromatic N) is 1. The van der Waals surface area contributed by atoms with Gasteiger partial charge in [0.25, 0.3) is 5.91 Å². The quantitative estimate of drug-likeness (QED) is 0.450. The average Bonchev–Trinajstić information content (AvgIpc) is 2.82. The number of carbonyl (C=O) groups excluding carboxylic acids is 2. The van der Waals surface area contributed by atoms with E-state index in [0.29, 0.717) is 18.7 Å². The summed E-state index contributed by atoms with van der Waals surface area (Å²) >= 11 is 3.49. The highest BCUT2D eigenvalue weighted by Gasteiger charge is 2.30. The summed E-state index contributed by atoms with van der Waals surface area (Å²) in [6, 6.07) is 22.7. The minimum atomic E-state index is -0.675. The molecule has 0 spiro atoms. The summed E-state index contributed by atoms with van der Waals surface area (Å²) in [6.07, 6.45) is 0.406. The summed E-state index contributed by atoms with van der Waals surface area (Å²) in [4.78, 5) is 28.0. The molecule has 3 rings (SSSR count). The van der Waals surface area contributed by atoms with Crippen LogP contribution in [0.5, 0.6) is 5.75 Å². The second kappa shape index (κ2) is 11.7. The fourth-order valence-corrected chi connectivity index (χ4v) is 4.08. The molecule has 1 unspecified atom stereocenters. The van der Waals surface area contributed by atoms with Crippen molar-refractivity contribution >= 4 is 27.7 Å². The van der Waals surface area contributed by atoms with Crippen molar-refractivity contribution in [2.75, 3.05) is 13.7 Å². The predicted octanol–water partition coefficient (Wildman–Crippen LogP) is 4.83. The van der Waals surface area contributed by atoms with Crippen molar-refractivity contribution in [3.05, 3.63) is 99.5 Å². The van der Waals surface area contributed by atoms with Crippen molar-refractivity contribution in [2.24, 2.45) is 0 Å². The molecule has 0 saturated carbocycles. The van der Waals surface area contributed by atoms with Gasteiger partial charge in [0.15, 0.2) is 6.61 Å². The topological polar surface area (TPSA) is 58.6 Å². The maximum atomic E-state index is 13.5. The zero-order valence-electron chi connectivity index (χ0n) is 19.2. The maximum Gasteiger partial charge on any atom is 0.261 e. The van der Waals surface area contributed by atoms with Crippen molar-refractivity contribution in [1.29, 1.82) is 0 Å². The molecule has 2 amide bonds. The summed E-state index contributed by atoms with van der Waals surface area (Å²) in [5, 5.41) is 2.73. The van der Waals surface area contributed by atoms with Crippen LogP contribution in [0.15, 0.2) is 77.3 Å². The highest BCUT2D eigenvalue weighted by molar-refractivity contribution is 9.10. The number of hydrogen-bond donors (Lipinski definition) is 1. The van der Waals surface area contributed by atoms with E-state index in [1.165, 1.54) is 0 Å². The first-order valence-electron chi connectivity index (χ1n) is 10.9. The Bertz CT molecular complexity index is 1100. The van der Waals surface area contributed by atoms with Crippen LogP contribution in [-0.2, 0) is 22.6 Å². The van der Waals surface area contributed by atoms with Crippen molar-refractivity contribution in [3.63, 3.8) is 0 Å². The molecule has 33 heavy (non-hydrogen) atoms. The first-order chi connectivity index (χ1) is 15.9. The smallest absolute Gasteiger partial charge is 0.261 e. The Balaban J connectivity index is 1.89. The molecule has 5 nitrogen and oxygen atoms in total. The van der Waals surface area contributed by atoms with E-state index in [0.717, 1.165) is 26.7 Å². The molecule has 0 aromatic heterocycles. The van der Waals surface area contributed by atoms with E-state index in [9.17, 15) is 9.59 Å². The van der Waals surface area contributed by atoms with Gasteiger partial charge in [-0.3, -0.25) is 9.59 Å². The number of amides is 2. The van der Waals surface area contributed by atoms with Crippen LogP contribution in [-0.4, -0.2) is 36.4 Å². The minimum absolute atomic E-state index is 0.152. The average molecular weight is 509 g/mol. The molecule has 0 saturated heterocycles. The Morgan fingerprint density at radius 3 is 2.39 bits per heavy atom. The molecule has 1 atom stereocenters. The molecular weight excluding hydrogens is 480 g/mol. The standard InChI is InChI=1S/C27H29BrN2O3/c1-19-12-13-20(2)25(14-19)33-18-26(31)30(17-22-10-7-11-23(28)15-22)24(27(32)29-3)16-21-8-5-4-6-9-21/h4-15,24H,16-18H2,1-3H3,(H,29,32). The van der Waals surface area contributed by atoms with Gasteiger partial charge < -0.3 is 15.0 Å². The van der Waals surface area contributed by atoms with Crippen LogP contribution in [0.2, 0.25) is 0 Å². The molecule has 0 aliphatic carbocycles. The second-order valence-electron chi connectivity index (χ2n) is 8.03. The van der Waals surface area contributed by atoms with Crippen LogP contribution in [0.3, 0.4) is 0 Å². The summed E-state index contributed by atoms with van der Waals surface area (Å²) in [7, 11) is 1.59. The Kier molecular flexibility index (Phi) is 8.66. The SMILES string of the molecule is CNC(=O)C(Cc1ccccc1)N(Cc1cccc(Br)c1)C(=O)COc1cc(C)ccc1C. The van der Waals surface area contributed by atoms with Gasteiger partial charge in [-0.25, -0.2) is 0 Å². The van der Waals surface area contributed by atoms with Crippen LogP contribution in [0.1, 0.15) is 22.3 Å². The molecule has 172 valence electrons. The highest BCUT2D eigenvalue weighted by atomic mass is 79.9. The van der Waals surface area contributed by atoms with Crippen LogP contribution >= 0.6 is 15.9 Å². The van der Waals surface area contributed by atoms with Crippen LogP contribution in [0.4, 0.5) is 0 Å². The van der Waals surface area contributed by atoms with Crippen molar-refractivity contribution < 1.29 is 14.3 Å². The minimum Gasteiger partial charge on any atom is -0.483 e. The number of hydrogen-bond acceptors (Lipinski definition) is 3. The summed E-state index contributed by atoms with van der Waals surface area (Å²) in [5.74, 6) is 0.208. The van der Waals surface area contributed by atoms with Gasteiger partial charge in [-0.1, -0.05) is 70.5 Å². The highest BCUT2D eigenvalue weighted by Crippen LogP contribution is 2.21. The number of ether oxygens (including phenoxy) is 1. The molecule has 0 radical (unpaired) electrons. The van der Waals surface area contributed by atoms with Crippen LogP contribution < -0.4 is 10.1 Å². The summed E-state index contributed by atoms with van der Waals surface area (Å²) in [6.45, 7) is 4.07. The molecule has 3 aromatic rings. The molecular formula is C27H29BrN2O3. The fourth-order valence-electron chi connectivity index (χ4n) is 3.64. The third kappa shape index (κ3) is 6.93. The second-order valence-corrected chi connectivity index (χ2v) is 8.94. The number of halogens is 1. The first-order valence-corrected chi connectivity index (χ1v) is 11.7. The van der Waals surface area contributed by atoms with Crippen LogP contribution in [0, 0.1) is 13.8 Å². The van der Waals surface area contributed by atoms with E-state index in [1.54, 1.807) is 11.9 Å². The number of likely N-dealkylation sites (N-methyl/N-ethyl adjacent to an activating group) is 1. The van der Waals surface area contributed by atoms with Crippen molar-refractivity contribution in [2.45, 2.75) is 32.9 Å². The van der Waals surface area contributed by atoms with Crippen molar-refractivity contribution in [1.82, 2.24) is 10.2 Å². The van der Waals surface area contributed by atoms with Gasteiger partial charge in [0, 0.05) is 24.5 Å². The van der Waals surface area contributed by atoms with Gasteiger partial charge in [-0.15, -0.1) is 0 Å². The summed E-state index contributed by atoms with van der Waals surface area (Å²) < 4.78 is 6.82. The third-order valence-corrected chi connectivity index (χ3v) is 5.95. The molecule has 0 aliphatic rings. The van der Waals surface area contributed by atoms with Gasteiger partial charge in [-0.05, 0) is 54.3 Å². The Labute approximate surface area is 203 Å². The molecule has 6 heteroatoms. The normalized spacial score (nSPS) is 11.5. The van der Waals surface area contributed by atoms with Gasteiger partial charge in [0.05, 0.1) is 0 Å². The number of rotatable bonds is 9. The molecule has 0 aliphatic heterocycles. The van der Waals surface area contributed by atoms with E-state index >= 15 is 0 Å². The summed E-state index contributed by atoms with van der Waals surface area (Å²) in [5.41, 5.74) is 3.92. The number of nitrogens with one attached hydrogen (secondary N) is 1. The molecule has 0 heterocycles. The lowest BCUT2D eigenvalue weighted by Gasteiger charge is -2.31. The number of benzene rings is 3. The third-order valence-electron chi connectivity index (χ3n) is 5.45. The van der Waals surface area contributed by atoms with Gasteiger partial charge in [-0.2, -0.15) is 0 Å². The predicted molar refractivity (Wildman–Crippen MR) is 134 cm³/mol. The van der Waals surface area contributed by atoms with Gasteiger partial charge in [0.1, 0.15) is 11.8 Å². The molecule has 0 bridgehead atoms. The number of aryl methyl sites for hydroxylation is 2. The largest absolute Gasteiger partial charge is 0.483 e. The molecule has 3 aromatic carbocycles. The van der Waals surface area contributed by atoms with E-state index in [4.69, 9.17) is 4.74 Å². The lowest BCUT2D eigenvalue weighted by atomic mass is 10.0. The van der Waals surface area contributed by atoms with Gasteiger partial charge in [0.2, 0.25) is 5.91 Å². The monoisotopic (exact) mass is 508 g/mol. The maximum absolute atomic E-state index is 13.5. The number of carbonyl (C=O) groups is 2. The fraction of sp³-hybridized carbons (Fsp3) is 0.259. The Hall–Kier alpha value is -3.12. The van der Waals surface area contributed by atoms with E-state index in [-0.39, 0.29) is 18.4 Å². The van der Waals surface area contributed by atoms with E-state index in [2.05, 4.69) is 21.2 Å². The van der Waals surface area contributed by atoms with E-state index in [1.807, 2.05) is 86.6 Å². The van der Waals surface area contributed by atoms with Crippen molar-refractivity contribution in [3.8, 4) is 5.75 Å². The molecule has 0 fully saturated rings. The van der Waals surface area contributed by atoms with Crippen LogP contribution in [0.25, 0.3) is 0 Å². The van der Waals surface area contributed by atoms with E-state index < -0.39 is 6.04 Å². The lowest BCUT2D eigenvalue weighted by molar-refractivity contribution is -0.142. The Morgan fingerprint density at radius 1 is 0.970 bits per heavy atom. The molecule has 1 N–H and O–H groups in total. The Morgan fingerprint density at radius 2 is 1.70 bits per heavy atom. The zero-order valence-corrected chi connectivity index (χ0v) is 20.8. The lowest BCUT2D eigenvalue weighted by Crippen LogP contribution is -2.51. The first kappa shape index (κ1) is 24.5.